The molecule has 2 rings (SSSR count). The lowest BCUT2D eigenvalue weighted by molar-refractivity contribution is -0.121. The van der Waals surface area contributed by atoms with E-state index in [9.17, 15) is 9.59 Å². The first kappa shape index (κ1) is 15.4. The molecule has 1 aliphatic rings. The molecule has 0 spiro atoms. The molecule has 1 atom stereocenters. The summed E-state index contributed by atoms with van der Waals surface area (Å²) in [6.45, 7) is 4.96. The summed E-state index contributed by atoms with van der Waals surface area (Å²) < 4.78 is 10.9. The highest BCUT2D eigenvalue weighted by Crippen LogP contribution is 2.31. The van der Waals surface area contributed by atoms with Crippen molar-refractivity contribution in [3.05, 3.63) is 23.8 Å². The predicted molar refractivity (Wildman–Crippen MR) is 78.9 cm³/mol. The Labute approximate surface area is 124 Å². The van der Waals surface area contributed by atoms with Gasteiger partial charge in [0.25, 0.3) is 0 Å². The van der Waals surface area contributed by atoms with E-state index in [1.54, 1.807) is 18.2 Å². The Morgan fingerprint density at radius 2 is 1.90 bits per heavy atom. The number of ketones is 1. The predicted octanol–water partition coefficient (Wildman–Crippen LogP) is 2.34. The van der Waals surface area contributed by atoms with Crippen molar-refractivity contribution >= 4 is 11.7 Å². The highest BCUT2D eigenvalue weighted by molar-refractivity contribution is 5.98. The number of Topliss-reactive ketones (excluding diaryl/α,β-unsaturated/α-hetero) is 1. The monoisotopic (exact) mass is 291 g/mol. The lowest BCUT2D eigenvalue weighted by atomic mass is 10.1. The molecule has 1 amide bonds. The number of carbonyl (C=O) groups excluding carboxylic acids is 2. The van der Waals surface area contributed by atoms with Gasteiger partial charge in [-0.1, -0.05) is 6.92 Å². The fraction of sp³-hybridized carbons (Fsp3) is 0.500. The molecule has 0 fully saturated rings. The van der Waals surface area contributed by atoms with E-state index in [1.165, 1.54) is 0 Å². The van der Waals surface area contributed by atoms with E-state index in [0.717, 1.165) is 6.42 Å². The lowest BCUT2D eigenvalue weighted by Gasteiger charge is -2.18. The maximum atomic E-state index is 12.1. The molecular formula is C16H21NO4. The van der Waals surface area contributed by atoms with Gasteiger partial charge in [0.05, 0.1) is 0 Å². The van der Waals surface area contributed by atoms with Crippen LogP contribution in [0, 0.1) is 0 Å². The van der Waals surface area contributed by atoms with E-state index < -0.39 is 0 Å². The molecular weight excluding hydrogens is 270 g/mol. The Kier molecular flexibility index (Phi) is 5.20. The van der Waals surface area contributed by atoms with E-state index in [4.69, 9.17) is 9.47 Å². The van der Waals surface area contributed by atoms with Crippen LogP contribution in [0.15, 0.2) is 18.2 Å². The van der Waals surface area contributed by atoms with Crippen molar-refractivity contribution in [3.63, 3.8) is 0 Å². The first-order valence-electron chi connectivity index (χ1n) is 7.32. The van der Waals surface area contributed by atoms with Crippen molar-refractivity contribution < 1.29 is 19.1 Å². The summed E-state index contributed by atoms with van der Waals surface area (Å²) in [6.07, 6.45) is 1.28. The fourth-order valence-electron chi connectivity index (χ4n) is 2.04. The Balaban J connectivity index is 1.90. The molecule has 5 heteroatoms. The molecule has 21 heavy (non-hydrogen) atoms. The van der Waals surface area contributed by atoms with Gasteiger partial charge in [0.15, 0.2) is 17.3 Å². The third-order valence-corrected chi connectivity index (χ3v) is 3.46. The Bertz CT molecular complexity index is 527. The summed E-state index contributed by atoms with van der Waals surface area (Å²) in [5.74, 6) is 1.10. The molecule has 0 radical (unpaired) electrons. The zero-order valence-corrected chi connectivity index (χ0v) is 12.5. The van der Waals surface area contributed by atoms with Crippen molar-refractivity contribution in [1.82, 2.24) is 5.32 Å². The molecule has 1 unspecified atom stereocenters. The topological polar surface area (TPSA) is 64.6 Å². The minimum Gasteiger partial charge on any atom is -0.486 e. The van der Waals surface area contributed by atoms with Gasteiger partial charge in [0, 0.05) is 24.4 Å². The van der Waals surface area contributed by atoms with Gasteiger partial charge in [-0.15, -0.1) is 0 Å². The van der Waals surface area contributed by atoms with Crippen LogP contribution in [0.5, 0.6) is 11.5 Å². The van der Waals surface area contributed by atoms with Gasteiger partial charge < -0.3 is 14.8 Å². The Morgan fingerprint density at radius 1 is 1.19 bits per heavy atom. The highest BCUT2D eigenvalue weighted by atomic mass is 16.6. The number of benzene rings is 1. The molecule has 1 heterocycles. The molecule has 1 aromatic rings. The van der Waals surface area contributed by atoms with Crippen molar-refractivity contribution in [3.8, 4) is 11.5 Å². The van der Waals surface area contributed by atoms with Crippen molar-refractivity contribution in [2.75, 3.05) is 13.2 Å². The van der Waals surface area contributed by atoms with Crippen LogP contribution in [-0.2, 0) is 4.79 Å². The summed E-state index contributed by atoms with van der Waals surface area (Å²) in [5, 5.41) is 2.85. The average molecular weight is 291 g/mol. The molecule has 1 N–H and O–H groups in total. The van der Waals surface area contributed by atoms with E-state index in [2.05, 4.69) is 5.32 Å². The minimum absolute atomic E-state index is 0.0636. The van der Waals surface area contributed by atoms with Gasteiger partial charge >= 0.3 is 0 Å². The molecule has 0 aromatic heterocycles. The number of hydrogen-bond acceptors (Lipinski definition) is 4. The largest absolute Gasteiger partial charge is 0.486 e. The third kappa shape index (κ3) is 4.21. The summed E-state index contributed by atoms with van der Waals surface area (Å²) in [5.41, 5.74) is 0.551. The maximum absolute atomic E-state index is 12.1. The first-order valence-corrected chi connectivity index (χ1v) is 7.32. The number of hydrogen-bond donors (Lipinski definition) is 1. The zero-order chi connectivity index (χ0) is 15.2. The van der Waals surface area contributed by atoms with Gasteiger partial charge in [-0.25, -0.2) is 0 Å². The van der Waals surface area contributed by atoms with Crippen LogP contribution in [0.25, 0.3) is 0 Å². The van der Waals surface area contributed by atoms with Crippen LogP contribution in [0.1, 0.15) is 43.5 Å². The number of amides is 1. The molecule has 0 saturated carbocycles. The second-order valence-corrected chi connectivity index (χ2v) is 5.16. The normalized spacial score (nSPS) is 14.4. The van der Waals surface area contributed by atoms with Gasteiger partial charge in [0.2, 0.25) is 5.91 Å². The van der Waals surface area contributed by atoms with Crippen LogP contribution < -0.4 is 14.8 Å². The zero-order valence-electron chi connectivity index (χ0n) is 12.5. The number of carbonyl (C=O) groups is 2. The van der Waals surface area contributed by atoms with Crippen LogP contribution in [-0.4, -0.2) is 30.9 Å². The Morgan fingerprint density at radius 3 is 2.62 bits per heavy atom. The van der Waals surface area contributed by atoms with Crippen molar-refractivity contribution in [2.45, 2.75) is 39.2 Å². The van der Waals surface area contributed by atoms with Crippen LogP contribution in [0.2, 0.25) is 0 Å². The second kappa shape index (κ2) is 7.11. The molecule has 0 bridgehead atoms. The summed E-state index contributed by atoms with van der Waals surface area (Å²) in [7, 11) is 0. The minimum atomic E-state index is -0.0877. The second-order valence-electron chi connectivity index (χ2n) is 5.16. The quantitative estimate of drug-likeness (QED) is 0.817. The standard InChI is InChI=1S/C16H21NO4/c1-3-11(2)17-16(19)7-5-13(18)12-4-6-14-15(10-12)21-9-8-20-14/h4,6,10-11H,3,5,7-9H2,1-2H3,(H,17,19). The fourth-order valence-corrected chi connectivity index (χ4v) is 2.04. The van der Waals surface area contributed by atoms with Gasteiger partial charge in [-0.05, 0) is 31.5 Å². The average Bonchev–Trinajstić information content (AvgIpc) is 2.51. The SMILES string of the molecule is CCC(C)NC(=O)CCC(=O)c1ccc2c(c1)OCCO2. The van der Waals surface area contributed by atoms with Crippen molar-refractivity contribution in [2.24, 2.45) is 0 Å². The highest BCUT2D eigenvalue weighted by Gasteiger charge is 2.16. The number of ether oxygens (including phenoxy) is 2. The number of rotatable bonds is 6. The first-order chi connectivity index (χ1) is 10.1. The third-order valence-electron chi connectivity index (χ3n) is 3.46. The van der Waals surface area contributed by atoms with Crippen molar-refractivity contribution in [1.29, 1.82) is 0 Å². The van der Waals surface area contributed by atoms with E-state index in [1.807, 2.05) is 13.8 Å². The van der Waals surface area contributed by atoms with Gasteiger partial charge in [-0.2, -0.15) is 0 Å². The molecule has 0 saturated heterocycles. The summed E-state index contributed by atoms with van der Waals surface area (Å²) in [4.78, 5) is 23.8. The molecule has 1 aliphatic heterocycles. The molecule has 0 aliphatic carbocycles. The summed E-state index contributed by atoms with van der Waals surface area (Å²) in [6, 6.07) is 5.27. The maximum Gasteiger partial charge on any atom is 0.220 e. The van der Waals surface area contributed by atoms with Gasteiger partial charge in [-0.3, -0.25) is 9.59 Å². The summed E-state index contributed by atoms with van der Waals surface area (Å²) >= 11 is 0. The van der Waals surface area contributed by atoms with E-state index in [0.29, 0.717) is 30.3 Å². The van der Waals surface area contributed by atoms with E-state index >= 15 is 0 Å². The van der Waals surface area contributed by atoms with Gasteiger partial charge in [0.1, 0.15) is 13.2 Å². The molecule has 1 aromatic carbocycles. The molecule has 5 nitrogen and oxygen atoms in total. The lowest BCUT2D eigenvalue weighted by Crippen LogP contribution is -2.32. The smallest absolute Gasteiger partial charge is 0.220 e. The van der Waals surface area contributed by atoms with Crippen LogP contribution >= 0.6 is 0 Å². The number of fused-ring (bicyclic) bond motifs is 1. The number of nitrogens with one attached hydrogen (secondary N) is 1. The van der Waals surface area contributed by atoms with E-state index in [-0.39, 0.29) is 30.6 Å². The van der Waals surface area contributed by atoms with Crippen LogP contribution in [0.3, 0.4) is 0 Å². The Hall–Kier alpha value is -2.04. The van der Waals surface area contributed by atoms with Crippen LogP contribution in [0.4, 0.5) is 0 Å². The molecule has 114 valence electrons.